The molecule has 0 bridgehead atoms. The number of alkyl halides is 2. The Bertz CT molecular complexity index is 999. The van der Waals surface area contributed by atoms with Crippen LogP contribution in [0.15, 0.2) is 36.4 Å². The zero-order chi connectivity index (χ0) is 23.7. The number of halogens is 3. The second kappa shape index (κ2) is 8.65. The summed E-state index contributed by atoms with van der Waals surface area (Å²) in [6, 6.07) is 9.18. The van der Waals surface area contributed by atoms with Crippen molar-refractivity contribution in [3.05, 3.63) is 47.0 Å². The maximum absolute atomic E-state index is 12.9. The van der Waals surface area contributed by atoms with Gasteiger partial charge in [-0.2, -0.15) is 8.78 Å². The van der Waals surface area contributed by atoms with Crippen molar-refractivity contribution in [3.8, 4) is 23.0 Å². The van der Waals surface area contributed by atoms with E-state index in [2.05, 4.69) is 4.74 Å². The van der Waals surface area contributed by atoms with Crippen LogP contribution in [-0.2, 0) is 11.2 Å². The first-order chi connectivity index (χ1) is 14.8. The minimum atomic E-state index is -3.31. The van der Waals surface area contributed by atoms with Gasteiger partial charge >= 0.3 is 12.1 Å². The number of benzene rings is 2. The number of carboxylic acid groups (broad SMARTS) is 1. The molecule has 6 nitrogen and oxygen atoms in total. The molecule has 0 saturated carbocycles. The van der Waals surface area contributed by atoms with Gasteiger partial charge in [-0.05, 0) is 30.3 Å². The zero-order valence-electron chi connectivity index (χ0n) is 18.2. The molecule has 0 amide bonds. The second-order valence-electron chi connectivity index (χ2n) is 8.63. The van der Waals surface area contributed by atoms with E-state index in [4.69, 9.17) is 25.8 Å². The van der Waals surface area contributed by atoms with Gasteiger partial charge in [0.05, 0.1) is 5.02 Å². The van der Waals surface area contributed by atoms with Gasteiger partial charge in [0.1, 0.15) is 36.2 Å². The first-order valence-electron chi connectivity index (χ1n) is 9.98. The van der Waals surface area contributed by atoms with Gasteiger partial charge in [-0.25, -0.2) is 4.79 Å². The van der Waals surface area contributed by atoms with Crippen molar-refractivity contribution < 1.29 is 37.6 Å². The van der Waals surface area contributed by atoms with Crippen LogP contribution < -0.4 is 18.9 Å². The molecule has 1 atom stereocenters. The van der Waals surface area contributed by atoms with Crippen molar-refractivity contribution in [2.45, 2.75) is 45.8 Å². The molecule has 0 aromatic heterocycles. The number of hydrogen-bond acceptors (Lipinski definition) is 5. The van der Waals surface area contributed by atoms with Crippen LogP contribution in [0.4, 0.5) is 8.78 Å². The Morgan fingerprint density at radius 3 is 2.34 bits per heavy atom. The van der Waals surface area contributed by atoms with Crippen molar-refractivity contribution in [2.24, 2.45) is 5.41 Å². The average Bonchev–Trinajstić information content (AvgIpc) is 3.06. The average molecular weight is 471 g/mol. The molecule has 2 aromatic rings. The van der Waals surface area contributed by atoms with Gasteiger partial charge < -0.3 is 24.1 Å². The molecule has 32 heavy (non-hydrogen) atoms. The van der Waals surface area contributed by atoms with Crippen LogP contribution >= 0.6 is 11.6 Å². The van der Waals surface area contributed by atoms with Crippen LogP contribution in [0.5, 0.6) is 23.0 Å². The Labute approximate surface area is 190 Å². The lowest BCUT2D eigenvalue weighted by molar-refractivity contribution is -0.163. The Balaban J connectivity index is 1.57. The van der Waals surface area contributed by atoms with Crippen molar-refractivity contribution in [1.82, 2.24) is 0 Å². The summed E-state index contributed by atoms with van der Waals surface area (Å²) in [6.45, 7) is 6.47. The van der Waals surface area contributed by atoms with Gasteiger partial charge in [-0.1, -0.05) is 32.4 Å². The first-order valence-corrected chi connectivity index (χ1v) is 10.4. The van der Waals surface area contributed by atoms with Crippen LogP contribution in [0.3, 0.4) is 0 Å². The highest BCUT2D eigenvalue weighted by atomic mass is 35.5. The molecule has 0 saturated heterocycles. The third-order valence-corrected chi connectivity index (χ3v) is 5.42. The number of carboxylic acids is 1. The monoisotopic (exact) mass is 470 g/mol. The zero-order valence-corrected chi connectivity index (χ0v) is 19.0. The summed E-state index contributed by atoms with van der Waals surface area (Å²) >= 11 is 6.05. The summed E-state index contributed by atoms with van der Waals surface area (Å²) < 4.78 is 47.4. The van der Waals surface area contributed by atoms with E-state index in [0.29, 0.717) is 24.2 Å². The summed E-state index contributed by atoms with van der Waals surface area (Å²) in [4.78, 5) is 12.0. The number of hydrogen-bond donors (Lipinski definition) is 1. The SMILES string of the molecule is CC(F)(F)Oc1ccc(OCCOc2ccc3c(c2)C[C@](C(=O)O)(C(C)(C)C)O3)c(Cl)c1. The van der Waals surface area contributed by atoms with Crippen molar-refractivity contribution >= 4 is 17.6 Å². The van der Waals surface area contributed by atoms with E-state index in [-0.39, 0.29) is 30.4 Å². The van der Waals surface area contributed by atoms with E-state index in [0.717, 1.165) is 5.56 Å². The van der Waals surface area contributed by atoms with Crippen molar-refractivity contribution in [2.75, 3.05) is 13.2 Å². The predicted molar refractivity (Wildman–Crippen MR) is 114 cm³/mol. The third kappa shape index (κ3) is 5.18. The number of rotatable bonds is 8. The molecule has 0 radical (unpaired) electrons. The fourth-order valence-corrected chi connectivity index (χ4v) is 3.64. The molecule has 0 unspecified atom stereocenters. The summed E-state index contributed by atoms with van der Waals surface area (Å²) in [5, 5.41) is 9.92. The first kappa shape index (κ1) is 23.9. The normalized spacial score (nSPS) is 18.0. The Morgan fingerprint density at radius 1 is 1.09 bits per heavy atom. The number of ether oxygens (including phenoxy) is 4. The highest BCUT2D eigenvalue weighted by Crippen LogP contribution is 2.46. The summed E-state index contributed by atoms with van der Waals surface area (Å²) in [7, 11) is 0. The molecule has 174 valence electrons. The van der Waals surface area contributed by atoms with Gasteiger partial charge in [-0.15, -0.1) is 0 Å². The maximum Gasteiger partial charge on any atom is 0.394 e. The molecule has 0 fully saturated rings. The van der Waals surface area contributed by atoms with E-state index in [1.54, 1.807) is 18.2 Å². The van der Waals surface area contributed by atoms with Crippen LogP contribution in [0.25, 0.3) is 0 Å². The van der Waals surface area contributed by atoms with E-state index < -0.39 is 23.1 Å². The fraction of sp³-hybridized carbons (Fsp3) is 0.435. The largest absolute Gasteiger partial charge is 0.490 e. The summed E-state index contributed by atoms with van der Waals surface area (Å²) in [5.41, 5.74) is -1.20. The Hall–Kier alpha value is -2.74. The molecule has 0 aliphatic carbocycles. The summed E-state index contributed by atoms with van der Waals surface area (Å²) in [5.74, 6) is 0.303. The van der Waals surface area contributed by atoms with Crippen LogP contribution in [0.2, 0.25) is 5.02 Å². The van der Waals surface area contributed by atoms with E-state index in [1.165, 1.54) is 18.2 Å². The number of aliphatic carboxylic acids is 1. The quantitative estimate of drug-likeness (QED) is 0.507. The standard InChI is InChI=1S/C23H25ClF2O6/c1-21(2,3)23(20(27)28)13-14-11-15(5-7-18(14)32-23)29-9-10-30-19-8-6-16(12-17(19)24)31-22(4,25)26/h5-8,11-12H,9-10,13H2,1-4H3,(H,27,28)/t23-/m0/s1. The number of fused-ring (bicyclic) bond motifs is 1. The molecule has 1 aliphatic rings. The van der Waals surface area contributed by atoms with E-state index in [1.807, 2.05) is 20.8 Å². The molecule has 0 spiro atoms. The molecular weight excluding hydrogens is 446 g/mol. The maximum atomic E-state index is 12.9. The molecule has 2 aromatic carbocycles. The molecule has 3 rings (SSSR count). The second-order valence-corrected chi connectivity index (χ2v) is 9.04. The predicted octanol–water partition coefficient (Wildman–Crippen LogP) is 5.59. The van der Waals surface area contributed by atoms with Gasteiger partial charge in [-0.3, -0.25) is 0 Å². The number of carbonyl (C=O) groups is 1. The molecule has 1 N–H and O–H groups in total. The van der Waals surface area contributed by atoms with Crippen molar-refractivity contribution in [3.63, 3.8) is 0 Å². The highest BCUT2D eigenvalue weighted by Gasteiger charge is 2.55. The van der Waals surface area contributed by atoms with Crippen molar-refractivity contribution in [1.29, 1.82) is 0 Å². The molecule has 1 aliphatic heterocycles. The fourth-order valence-electron chi connectivity index (χ4n) is 3.41. The third-order valence-electron chi connectivity index (χ3n) is 5.12. The Morgan fingerprint density at radius 2 is 1.75 bits per heavy atom. The molecular formula is C23H25ClF2O6. The molecule has 1 heterocycles. The van der Waals surface area contributed by atoms with Crippen LogP contribution in [0, 0.1) is 5.41 Å². The lowest BCUT2D eigenvalue weighted by atomic mass is 9.74. The van der Waals surface area contributed by atoms with Gasteiger partial charge in [0.2, 0.25) is 5.60 Å². The minimum Gasteiger partial charge on any atom is -0.490 e. The van der Waals surface area contributed by atoms with E-state index in [9.17, 15) is 18.7 Å². The molecule has 9 heteroatoms. The Kier molecular flexibility index (Phi) is 6.47. The summed E-state index contributed by atoms with van der Waals surface area (Å²) in [6.07, 6.45) is -3.08. The lowest BCUT2D eigenvalue weighted by Gasteiger charge is -2.36. The van der Waals surface area contributed by atoms with Gasteiger partial charge in [0, 0.05) is 30.4 Å². The topological polar surface area (TPSA) is 74.2 Å². The minimum absolute atomic E-state index is 0.0702. The van der Waals surface area contributed by atoms with E-state index >= 15 is 0 Å². The lowest BCUT2D eigenvalue weighted by Crippen LogP contribution is -2.54. The van der Waals surface area contributed by atoms with Gasteiger partial charge in [0.15, 0.2) is 0 Å². The van der Waals surface area contributed by atoms with Crippen LogP contribution in [0.1, 0.15) is 33.3 Å². The smallest absolute Gasteiger partial charge is 0.394 e. The van der Waals surface area contributed by atoms with Crippen LogP contribution in [-0.4, -0.2) is 36.0 Å². The highest BCUT2D eigenvalue weighted by molar-refractivity contribution is 6.32. The van der Waals surface area contributed by atoms with Gasteiger partial charge in [0.25, 0.3) is 0 Å².